The number of hydrogen-bond acceptors (Lipinski definition) is 2. The molecule has 0 aromatic rings. The molecule has 1 amide bonds. The molecule has 100 valence electrons. The minimum absolute atomic E-state index is 0.137. The first-order valence-corrected chi connectivity index (χ1v) is 7.13. The van der Waals surface area contributed by atoms with Crippen LogP contribution in [0.4, 0.5) is 0 Å². The number of nitrogens with one attached hydrogen (secondary N) is 2. The van der Waals surface area contributed by atoms with E-state index in [-0.39, 0.29) is 5.91 Å². The van der Waals surface area contributed by atoms with E-state index in [1.54, 1.807) is 0 Å². The second-order valence-electron chi connectivity index (χ2n) is 5.59. The monoisotopic (exact) mass is 240 g/mol. The third-order valence-electron chi connectivity index (χ3n) is 3.84. The molecule has 0 bridgehead atoms. The SMILES string of the molecule is CCCNC(=O)CNC1CCC(C(C)C)CC1. The lowest BCUT2D eigenvalue weighted by Gasteiger charge is -2.31. The Balaban J connectivity index is 2.12. The van der Waals surface area contributed by atoms with Crippen LogP contribution in [-0.2, 0) is 4.79 Å². The molecule has 0 aliphatic heterocycles. The Morgan fingerprint density at radius 2 is 1.88 bits per heavy atom. The molecule has 0 aromatic carbocycles. The van der Waals surface area contributed by atoms with Crippen molar-refractivity contribution in [2.75, 3.05) is 13.1 Å². The van der Waals surface area contributed by atoms with Crippen molar-refractivity contribution in [2.24, 2.45) is 11.8 Å². The molecule has 0 aromatic heterocycles. The first kappa shape index (κ1) is 14.5. The summed E-state index contributed by atoms with van der Waals surface area (Å²) in [4.78, 5) is 11.4. The highest BCUT2D eigenvalue weighted by molar-refractivity contribution is 5.77. The van der Waals surface area contributed by atoms with Gasteiger partial charge < -0.3 is 10.6 Å². The van der Waals surface area contributed by atoms with Crippen LogP contribution >= 0.6 is 0 Å². The molecule has 3 heteroatoms. The average molecular weight is 240 g/mol. The maximum Gasteiger partial charge on any atom is 0.233 e. The molecule has 2 N–H and O–H groups in total. The lowest BCUT2D eigenvalue weighted by molar-refractivity contribution is -0.120. The third kappa shape index (κ3) is 5.53. The molecular formula is C14H28N2O. The van der Waals surface area contributed by atoms with Crippen LogP contribution in [0.2, 0.25) is 0 Å². The predicted octanol–water partition coefficient (Wildman–Crippen LogP) is 2.32. The second-order valence-corrected chi connectivity index (χ2v) is 5.59. The number of amides is 1. The zero-order valence-corrected chi connectivity index (χ0v) is 11.6. The molecule has 1 rings (SSSR count). The van der Waals surface area contributed by atoms with Gasteiger partial charge in [0.05, 0.1) is 6.54 Å². The van der Waals surface area contributed by atoms with Gasteiger partial charge in [0, 0.05) is 12.6 Å². The van der Waals surface area contributed by atoms with E-state index < -0.39 is 0 Å². The zero-order valence-electron chi connectivity index (χ0n) is 11.6. The van der Waals surface area contributed by atoms with Crippen molar-refractivity contribution >= 4 is 5.91 Å². The highest BCUT2D eigenvalue weighted by Crippen LogP contribution is 2.29. The third-order valence-corrected chi connectivity index (χ3v) is 3.84. The van der Waals surface area contributed by atoms with E-state index in [2.05, 4.69) is 31.4 Å². The van der Waals surface area contributed by atoms with Crippen LogP contribution in [0.3, 0.4) is 0 Å². The molecule has 0 atom stereocenters. The van der Waals surface area contributed by atoms with Gasteiger partial charge in [-0.05, 0) is 43.9 Å². The predicted molar refractivity (Wildman–Crippen MR) is 71.9 cm³/mol. The highest BCUT2D eigenvalue weighted by atomic mass is 16.1. The second kappa shape index (κ2) is 7.70. The summed E-state index contributed by atoms with van der Waals surface area (Å²) in [5, 5.41) is 6.28. The van der Waals surface area contributed by atoms with Crippen LogP contribution in [0.15, 0.2) is 0 Å². The van der Waals surface area contributed by atoms with E-state index in [0.29, 0.717) is 12.6 Å². The lowest BCUT2D eigenvalue weighted by atomic mass is 9.80. The Morgan fingerprint density at radius 1 is 1.24 bits per heavy atom. The Labute approximate surface area is 106 Å². The summed E-state index contributed by atoms with van der Waals surface area (Å²) in [6.07, 6.45) is 6.08. The topological polar surface area (TPSA) is 41.1 Å². The van der Waals surface area contributed by atoms with Crippen LogP contribution in [0, 0.1) is 11.8 Å². The van der Waals surface area contributed by atoms with Gasteiger partial charge in [-0.25, -0.2) is 0 Å². The summed E-state index contributed by atoms with van der Waals surface area (Å²) < 4.78 is 0. The maximum absolute atomic E-state index is 11.4. The largest absolute Gasteiger partial charge is 0.355 e. The van der Waals surface area contributed by atoms with Gasteiger partial charge in [-0.3, -0.25) is 4.79 Å². The summed E-state index contributed by atoms with van der Waals surface area (Å²) >= 11 is 0. The Hall–Kier alpha value is -0.570. The smallest absolute Gasteiger partial charge is 0.233 e. The molecule has 1 fully saturated rings. The van der Waals surface area contributed by atoms with Gasteiger partial charge in [0.2, 0.25) is 5.91 Å². The van der Waals surface area contributed by atoms with Crippen molar-refractivity contribution < 1.29 is 4.79 Å². The molecule has 0 unspecified atom stereocenters. The van der Waals surface area contributed by atoms with Crippen LogP contribution in [-0.4, -0.2) is 25.0 Å². The first-order valence-electron chi connectivity index (χ1n) is 7.13. The van der Waals surface area contributed by atoms with Gasteiger partial charge >= 0.3 is 0 Å². The van der Waals surface area contributed by atoms with Crippen molar-refractivity contribution in [1.82, 2.24) is 10.6 Å². The molecule has 0 heterocycles. The molecule has 3 nitrogen and oxygen atoms in total. The van der Waals surface area contributed by atoms with Gasteiger partial charge in [-0.15, -0.1) is 0 Å². The van der Waals surface area contributed by atoms with Gasteiger partial charge in [0.15, 0.2) is 0 Å². The van der Waals surface area contributed by atoms with E-state index >= 15 is 0 Å². The van der Waals surface area contributed by atoms with Crippen molar-refractivity contribution in [3.05, 3.63) is 0 Å². The molecule has 17 heavy (non-hydrogen) atoms. The van der Waals surface area contributed by atoms with E-state index in [0.717, 1.165) is 24.8 Å². The summed E-state index contributed by atoms with van der Waals surface area (Å²) in [5.74, 6) is 1.84. The Kier molecular flexibility index (Phi) is 6.56. The minimum Gasteiger partial charge on any atom is -0.355 e. The Morgan fingerprint density at radius 3 is 2.41 bits per heavy atom. The van der Waals surface area contributed by atoms with E-state index in [4.69, 9.17) is 0 Å². The molecule has 0 saturated heterocycles. The van der Waals surface area contributed by atoms with Crippen molar-refractivity contribution in [1.29, 1.82) is 0 Å². The molecular weight excluding hydrogens is 212 g/mol. The van der Waals surface area contributed by atoms with Crippen molar-refractivity contribution in [2.45, 2.75) is 58.9 Å². The summed E-state index contributed by atoms with van der Waals surface area (Å²) in [6.45, 7) is 7.98. The van der Waals surface area contributed by atoms with Gasteiger partial charge in [-0.1, -0.05) is 20.8 Å². The van der Waals surface area contributed by atoms with Gasteiger partial charge in [0.25, 0.3) is 0 Å². The van der Waals surface area contributed by atoms with Crippen molar-refractivity contribution in [3.8, 4) is 0 Å². The summed E-state index contributed by atoms with van der Waals surface area (Å²) in [7, 11) is 0. The fourth-order valence-electron chi connectivity index (χ4n) is 2.55. The number of carbonyl (C=O) groups excluding carboxylic acids is 1. The summed E-state index contributed by atoms with van der Waals surface area (Å²) in [5.41, 5.74) is 0. The minimum atomic E-state index is 0.137. The fraction of sp³-hybridized carbons (Fsp3) is 0.929. The van der Waals surface area contributed by atoms with Crippen LogP contribution in [0.25, 0.3) is 0 Å². The highest BCUT2D eigenvalue weighted by Gasteiger charge is 2.22. The van der Waals surface area contributed by atoms with Gasteiger partial charge in [-0.2, -0.15) is 0 Å². The molecule has 0 radical (unpaired) electrons. The number of rotatable bonds is 6. The number of hydrogen-bond donors (Lipinski definition) is 2. The quantitative estimate of drug-likeness (QED) is 0.748. The first-order chi connectivity index (χ1) is 8.13. The molecule has 1 aliphatic carbocycles. The molecule has 1 saturated carbocycles. The van der Waals surface area contributed by atoms with Crippen molar-refractivity contribution in [3.63, 3.8) is 0 Å². The fourth-order valence-corrected chi connectivity index (χ4v) is 2.55. The lowest BCUT2D eigenvalue weighted by Crippen LogP contribution is -2.41. The zero-order chi connectivity index (χ0) is 12.7. The number of carbonyl (C=O) groups is 1. The van der Waals surface area contributed by atoms with E-state index in [9.17, 15) is 4.79 Å². The van der Waals surface area contributed by atoms with E-state index in [1.165, 1.54) is 25.7 Å². The molecule has 0 spiro atoms. The van der Waals surface area contributed by atoms with Gasteiger partial charge in [0.1, 0.15) is 0 Å². The van der Waals surface area contributed by atoms with E-state index in [1.807, 2.05) is 0 Å². The standard InChI is InChI=1S/C14H28N2O/c1-4-9-15-14(17)10-16-13-7-5-12(6-8-13)11(2)3/h11-13,16H,4-10H2,1-3H3,(H,15,17). The van der Waals surface area contributed by atoms with Crippen LogP contribution in [0.1, 0.15) is 52.9 Å². The normalized spacial score (nSPS) is 24.9. The summed E-state index contributed by atoms with van der Waals surface area (Å²) in [6, 6.07) is 0.553. The van der Waals surface area contributed by atoms with Crippen LogP contribution in [0.5, 0.6) is 0 Å². The molecule has 1 aliphatic rings. The average Bonchev–Trinajstić information content (AvgIpc) is 2.34. The van der Waals surface area contributed by atoms with Crippen LogP contribution < -0.4 is 10.6 Å². The Bertz CT molecular complexity index is 220. The maximum atomic E-state index is 11.4.